The van der Waals surface area contributed by atoms with Crippen LogP contribution in [0.15, 0.2) is 24.3 Å². The number of carboxylic acids is 1. The van der Waals surface area contributed by atoms with Gasteiger partial charge in [-0.05, 0) is 43.2 Å². The number of aliphatic carboxylic acids is 1. The normalized spacial score (nSPS) is 22.4. The molecule has 0 amide bonds. The minimum Gasteiger partial charge on any atom is -0.481 e. The van der Waals surface area contributed by atoms with Crippen molar-refractivity contribution in [2.45, 2.75) is 37.5 Å². The molecule has 2 rings (SSSR count). The van der Waals surface area contributed by atoms with Crippen molar-refractivity contribution in [3.05, 3.63) is 35.4 Å². The highest BCUT2D eigenvalue weighted by Crippen LogP contribution is 2.42. The molecule has 1 aliphatic rings. The first-order valence-electron chi connectivity index (χ1n) is 6.13. The molecule has 1 unspecified atom stereocenters. The summed E-state index contributed by atoms with van der Waals surface area (Å²) in [4.78, 5) is 11.6. The van der Waals surface area contributed by atoms with E-state index in [-0.39, 0.29) is 6.61 Å². The maximum absolute atomic E-state index is 11.6. The van der Waals surface area contributed by atoms with Crippen LogP contribution in [0.25, 0.3) is 0 Å². The van der Waals surface area contributed by atoms with Gasteiger partial charge in [0.1, 0.15) is 0 Å². The summed E-state index contributed by atoms with van der Waals surface area (Å²) in [6.07, 6.45) is 3.60. The highest BCUT2D eigenvalue weighted by Gasteiger charge is 2.44. The summed E-state index contributed by atoms with van der Waals surface area (Å²) in [5.74, 6) is -0.722. The fraction of sp³-hybridized carbons (Fsp3) is 0.500. The molecular formula is C14H18O3. The van der Waals surface area contributed by atoms with Gasteiger partial charge in [-0.15, -0.1) is 0 Å². The first-order chi connectivity index (χ1) is 8.20. The van der Waals surface area contributed by atoms with E-state index in [0.717, 1.165) is 18.4 Å². The third kappa shape index (κ3) is 2.07. The first kappa shape index (κ1) is 12.1. The monoisotopic (exact) mass is 234 g/mol. The molecule has 2 N–H and O–H groups in total. The number of carboxylic acid groups (broad SMARTS) is 1. The lowest BCUT2D eigenvalue weighted by Crippen LogP contribution is -2.33. The van der Waals surface area contributed by atoms with Crippen LogP contribution in [-0.4, -0.2) is 22.8 Å². The van der Waals surface area contributed by atoms with Crippen LogP contribution in [0.2, 0.25) is 0 Å². The van der Waals surface area contributed by atoms with Gasteiger partial charge >= 0.3 is 5.97 Å². The zero-order chi connectivity index (χ0) is 12.3. The summed E-state index contributed by atoms with van der Waals surface area (Å²) in [5.41, 5.74) is 1.43. The van der Waals surface area contributed by atoms with Crippen LogP contribution in [0.3, 0.4) is 0 Å². The maximum Gasteiger partial charge on any atom is 0.314 e. The number of rotatable bonds is 5. The molecule has 0 bridgehead atoms. The highest BCUT2D eigenvalue weighted by atomic mass is 16.4. The third-order valence-corrected chi connectivity index (χ3v) is 3.78. The molecule has 0 saturated carbocycles. The molecule has 92 valence electrons. The van der Waals surface area contributed by atoms with Gasteiger partial charge in [0.25, 0.3) is 0 Å². The number of hydrogen-bond acceptors (Lipinski definition) is 2. The Bertz CT molecular complexity index is 414. The largest absolute Gasteiger partial charge is 0.481 e. The molecule has 1 aromatic carbocycles. The Morgan fingerprint density at radius 2 is 2.06 bits per heavy atom. The van der Waals surface area contributed by atoms with E-state index < -0.39 is 11.4 Å². The highest BCUT2D eigenvalue weighted by molar-refractivity contribution is 5.83. The van der Waals surface area contributed by atoms with Gasteiger partial charge in [0.15, 0.2) is 0 Å². The molecule has 3 heteroatoms. The number of aliphatic hydroxyl groups is 1. The average Bonchev–Trinajstić information content (AvgIpc) is 2.70. The number of carbonyl (C=O) groups is 1. The van der Waals surface area contributed by atoms with E-state index >= 15 is 0 Å². The minimum absolute atomic E-state index is 0.136. The standard InChI is InChI=1S/C14H18O3/c15-10-4-3-8-14(13(16)17)9-7-11-5-1-2-6-12(11)14/h1-2,5-6,15H,3-4,7-10H2,(H,16,17). The summed E-state index contributed by atoms with van der Waals surface area (Å²) < 4.78 is 0. The van der Waals surface area contributed by atoms with Crippen LogP contribution in [0.1, 0.15) is 36.8 Å². The van der Waals surface area contributed by atoms with Crippen LogP contribution >= 0.6 is 0 Å². The number of fused-ring (bicyclic) bond motifs is 1. The molecule has 0 spiro atoms. The SMILES string of the molecule is O=C(O)C1(CCCCO)CCc2ccccc21. The van der Waals surface area contributed by atoms with Crippen molar-refractivity contribution in [1.82, 2.24) is 0 Å². The van der Waals surface area contributed by atoms with Crippen molar-refractivity contribution in [3.63, 3.8) is 0 Å². The molecule has 0 radical (unpaired) electrons. The number of benzene rings is 1. The molecular weight excluding hydrogens is 216 g/mol. The van der Waals surface area contributed by atoms with E-state index in [0.29, 0.717) is 19.3 Å². The Morgan fingerprint density at radius 1 is 1.29 bits per heavy atom. The summed E-state index contributed by atoms with van der Waals surface area (Å²) in [5, 5.41) is 18.4. The van der Waals surface area contributed by atoms with Crippen molar-refractivity contribution in [1.29, 1.82) is 0 Å². The Balaban J connectivity index is 2.28. The van der Waals surface area contributed by atoms with Gasteiger partial charge in [0.2, 0.25) is 0 Å². The Hall–Kier alpha value is -1.35. The molecule has 17 heavy (non-hydrogen) atoms. The second-order valence-corrected chi connectivity index (χ2v) is 4.73. The minimum atomic E-state index is -0.722. The Labute approximate surface area is 101 Å². The summed E-state index contributed by atoms with van der Waals surface area (Å²) >= 11 is 0. The molecule has 0 saturated heterocycles. The quantitative estimate of drug-likeness (QED) is 0.767. The predicted molar refractivity (Wildman–Crippen MR) is 65.0 cm³/mol. The van der Waals surface area contributed by atoms with Crippen molar-refractivity contribution in [2.24, 2.45) is 0 Å². The molecule has 0 heterocycles. The maximum atomic E-state index is 11.6. The zero-order valence-electron chi connectivity index (χ0n) is 9.85. The molecule has 1 aromatic rings. The molecule has 0 fully saturated rings. The van der Waals surface area contributed by atoms with E-state index in [4.69, 9.17) is 5.11 Å². The van der Waals surface area contributed by atoms with Gasteiger partial charge in [-0.25, -0.2) is 0 Å². The van der Waals surface area contributed by atoms with E-state index in [2.05, 4.69) is 0 Å². The molecule has 0 aromatic heterocycles. The topological polar surface area (TPSA) is 57.5 Å². The summed E-state index contributed by atoms with van der Waals surface area (Å²) in [6.45, 7) is 0.136. The third-order valence-electron chi connectivity index (χ3n) is 3.78. The lowest BCUT2D eigenvalue weighted by molar-refractivity contribution is -0.144. The van der Waals surface area contributed by atoms with Gasteiger partial charge in [0, 0.05) is 6.61 Å². The van der Waals surface area contributed by atoms with Gasteiger partial charge in [-0.1, -0.05) is 24.3 Å². The Kier molecular flexibility index (Phi) is 3.48. The summed E-state index contributed by atoms with van der Waals surface area (Å²) in [6, 6.07) is 7.83. The second kappa shape index (κ2) is 4.88. The van der Waals surface area contributed by atoms with Crippen LogP contribution in [0, 0.1) is 0 Å². The van der Waals surface area contributed by atoms with Crippen molar-refractivity contribution in [2.75, 3.05) is 6.61 Å². The average molecular weight is 234 g/mol. The van der Waals surface area contributed by atoms with Crippen LogP contribution in [-0.2, 0) is 16.6 Å². The molecule has 3 nitrogen and oxygen atoms in total. The number of unbranched alkanes of at least 4 members (excludes halogenated alkanes) is 1. The van der Waals surface area contributed by atoms with Gasteiger partial charge in [-0.2, -0.15) is 0 Å². The predicted octanol–water partition coefficient (Wildman–Crippen LogP) is 2.12. The Morgan fingerprint density at radius 3 is 2.76 bits per heavy atom. The zero-order valence-corrected chi connectivity index (χ0v) is 9.85. The van der Waals surface area contributed by atoms with Crippen molar-refractivity contribution >= 4 is 5.97 Å². The van der Waals surface area contributed by atoms with Gasteiger partial charge < -0.3 is 10.2 Å². The van der Waals surface area contributed by atoms with Gasteiger partial charge in [-0.3, -0.25) is 4.79 Å². The lowest BCUT2D eigenvalue weighted by Gasteiger charge is -2.25. The number of aryl methyl sites for hydroxylation is 1. The fourth-order valence-corrected chi connectivity index (χ4v) is 2.82. The molecule has 1 atom stereocenters. The van der Waals surface area contributed by atoms with E-state index in [9.17, 15) is 9.90 Å². The van der Waals surface area contributed by atoms with Crippen LogP contribution in [0.5, 0.6) is 0 Å². The summed E-state index contributed by atoms with van der Waals surface area (Å²) in [7, 11) is 0. The van der Waals surface area contributed by atoms with Crippen LogP contribution < -0.4 is 0 Å². The number of aliphatic hydroxyl groups excluding tert-OH is 1. The fourth-order valence-electron chi connectivity index (χ4n) is 2.82. The van der Waals surface area contributed by atoms with E-state index in [1.807, 2.05) is 24.3 Å². The first-order valence-corrected chi connectivity index (χ1v) is 6.13. The van der Waals surface area contributed by atoms with E-state index in [1.54, 1.807) is 0 Å². The van der Waals surface area contributed by atoms with Crippen molar-refractivity contribution in [3.8, 4) is 0 Å². The van der Waals surface area contributed by atoms with Gasteiger partial charge in [0.05, 0.1) is 5.41 Å². The lowest BCUT2D eigenvalue weighted by atomic mass is 9.77. The second-order valence-electron chi connectivity index (χ2n) is 4.73. The smallest absolute Gasteiger partial charge is 0.314 e. The number of hydrogen-bond donors (Lipinski definition) is 2. The van der Waals surface area contributed by atoms with Crippen molar-refractivity contribution < 1.29 is 15.0 Å². The molecule has 0 aliphatic heterocycles. The van der Waals surface area contributed by atoms with Crippen LogP contribution in [0.4, 0.5) is 0 Å². The molecule has 1 aliphatic carbocycles. The van der Waals surface area contributed by atoms with E-state index in [1.165, 1.54) is 5.56 Å².